The number of benzene rings is 1. The van der Waals surface area contributed by atoms with Crippen molar-refractivity contribution < 1.29 is 14.3 Å². The normalized spacial score (nSPS) is 17.5. The third kappa shape index (κ3) is 5.79. The van der Waals surface area contributed by atoms with Crippen LogP contribution in [0, 0.1) is 17.2 Å². The molecule has 1 heterocycles. The molecule has 0 unspecified atom stereocenters. The Balaban J connectivity index is 1.84. The number of hydrogen-bond acceptors (Lipinski definition) is 4. The van der Waals surface area contributed by atoms with Crippen molar-refractivity contribution in [3.05, 3.63) is 35.4 Å². The summed E-state index contributed by atoms with van der Waals surface area (Å²) in [6.07, 6.45) is 1.57. The van der Waals surface area contributed by atoms with Gasteiger partial charge in [-0.2, -0.15) is 5.26 Å². The smallest absolute Gasteiger partial charge is 0.410 e. The maximum atomic E-state index is 12.2. The van der Waals surface area contributed by atoms with Gasteiger partial charge in [0.2, 0.25) is 0 Å². The number of amides is 2. The van der Waals surface area contributed by atoms with Crippen molar-refractivity contribution in [3.63, 3.8) is 0 Å². The molecule has 0 bridgehead atoms. The Morgan fingerprint density at radius 3 is 2.60 bits per heavy atom. The van der Waals surface area contributed by atoms with E-state index in [2.05, 4.69) is 5.32 Å². The minimum absolute atomic E-state index is 0.168. The van der Waals surface area contributed by atoms with E-state index < -0.39 is 5.60 Å². The summed E-state index contributed by atoms with van der Waals surface area (Å²) in [4.78, 5) is 26.1. The second kappa shape index (κ2) is 8.02. The van der Waals surface area contributed by atoms with Crippen LogP contribution in [0.4, 0.5) is 4.79 Å². The van der Waals surface area contributed by atoms with E-state index in [1.165, 1.54) is 0 Å². The minimum atomic E-state index is -0.506. The van der Waals surface area contributed by atoms with Crippen LogP contribution in [0.15, 0.2) is 24.3 Å². The summed E-state index contributed by atoms with van der Waals surface area (Å²) >= 11 is 0. The lowest BCUT2D eigenvalue weighted by atomic mass is 9.98. The molecule has 0 aromatic heterocycles. The van der Waals surface area contributed by atoms with Gasteiger partial charge in [0.1, 0.15) is 5.60 Å². The monoisotopic (exact) mass is 343 g/mol. The lowest BCUT2D eigenvalue weighted by Crippen LogP contribution is -2.45. The Labute approximate surface area is 148 Å². The van der Waals surface area contributed by atoms with Gasteiger partial charge < -0.3 is 15.0 Å². The molecule has 1 fully saturated rings. The molecule has 0 aliphatic carbocycles. The number of nitriles is 1. The van der Waals surface area contributed by atoms with Gasteiger partial charge >= 0.3 is 6.09 Å². The predicted octanol–water partition coefficient (Wildman–Crippen LogP) is 2.94. The van der Waals surface area contributed by atoms with E-state index >= 15 is 0 Å². The molecule has 1 N–H and O–H groups in total. The highest BCUT2D eigenvalue weighted by atomic mass is 16.6. The summed E-state index contributed by atoms with van der Waals surface area (Å²) in [7, 11) is 0. The highest BCUT2D eigenvalue weighted by molar-refractivity contribution is 5.94. The second-order valence-electron chi connectivity index (χ2n) is 7.33. The quantitative estimate of drug-likeness (QED) is 0.915. The number of hydrogen-bond donors (Lipinski definition) is 1. The van der Waals surface area contributed by atoms with Crippen molar-refractivity contribution in [3.8, 4) is 6.07 Å². The van der Waals surface area contributed by atoms with Gasteiger partial charge in [0.05, 0.1) is 11.6 Å². The second-order valence-corrected chi connectivity index (χ2v) is 7.33. The number of likely N-dealkylation sites (tertiary alicyclic amines) is 1. The summed E-state index contributed by atoms with van der Waals surface area (Å²) in [5.41, 5.74) is 0.545. The first-order valence-electron chi connectivity index (χ1n) is 8.55. The average Bonchev–Trinajstić information content (AvgIpc) is 2.58. The number of nitrogens with zero attached hydrogens (tertiary/aromatic N) is 2. The van der Waals surface area contributed by atoms with Crippen LogP contribution in [0.1, 0.15) is 49.5 Å². The Kier molecular flexibility index (Phi) is 6.02. The maximum absolute atomic E-state index is 12.2. The van der Waals surface area contributed by atoms with E-state index in [1.54, 1.807) is 29.2 Å². The summed E-state index contributed by atoms with van der Waals surface area (Å²) in [5.74, 6) is 0.0440. The van der Waals surface area contributed by atoms with Gasteiger partial charge in [-0.1, -0.05) is 0 Å². The topological polar surface area (TPSA) is 82.4 Å². The molecule has 25 heavy (non-hydrogen) atoms. The molecule has 1 aliphatic heterocycles. The fourth-order valence-electron chi connectivity index (χ4n) is 2.76. The van der Waals surface area contributed by atoms with Gasteiger partial charge in [0.15, 0.2) is 0 Å². The number of carbonyl (C=O) groups excluding carboxylic acids is 2. The Morgan fingerprint density at radius 1 is 1.32 bits per heavy atom. The van der Waals surface area contributed by atoms with E-state index in [9.17, 15) is 9.59 Å². The van der Waals surface area contributed by atoms with Crippen molar-refractivity contribution >= 4 is 12.0 Å². The highest BCUT2D eigenvalue weighted by Crippen LogP contribution is 2.19. The van der Waals surface area contributed by atoms with Gasteiger partial charge in [-0.05, 0) is 63.8 Å². The van der Waals surface area contributed by atoms with Crippen LogP contribution in [0.5, 0.6) is 0 Å². The zero-order valence-electron chi connectivity index (χ0n) is 15.0. The molecule has 6 nitrogen and oxygen atoms in total. The molecular formula is C19H25N3O3. The van der Waals surface area contributed by atoms with Crippen LogP contribution in [0.25, 0.3) is 0 Å². The Morgan fingerprint density at radius 2 is 2.00 bits per heavy atom. The average molecular weight is 343 g/mol. The molecule has 6 heteroatoms. The van der Waals surface area contributed by atoms with Gasteiger partial charge in [0.25, 0.3) is 5.91 Å². The molecule has 2 amide bonds. The minimum Gasteiger partial charge on any atom is -0.444 e. The molecule has 0 radical (unpaired) electrons. The van der Waals surface area contributed by atoms with Crippen LogP contribution in [0.2, 0.25) is 0 Å². The van der Waals surface area contributed by atoms with Gasteiger partial charge in [-0.15, -0.1) is 0 Å². The molecule has 1 aliphatic rings. The van der Waals surface area contributed by atoms with E-state index in [4.69, 9.17) is 10.00 Å². The maximum Gasteiger partial charge on any atom is 0.410 e. The third-order valence-electron chi connectivity index (χ3n) is 4.00. The molecule has 1 aromatic rings. The first kappa shape index (κ1) is 18.8. The SMILES string of the molecule is CC(C)(C)OC(=O)N1CCC[C@H](CNC(=O)c2ccc(C#N)cc2)C1. The van der Waals surface area contributed by atoms with Crippen molar-refractivity contribution in [1.29, 1.82) is 5.26 Å². The fraction of sp³-hybridized carbons (Fsp3) is 0.526. The molecule has 1 atom stereocenters. The van der Waals surface area contributed by atoms with Crippen molar-refractivity contribution in [2.24, 2.45) is 5.92 Å². The predicted molar refractivity (Wildman–Crippen MR) is 94.0 cm³/mol. The first-order valence-corrected chi connectivity index (χ1v) is 8.55. The van der Waals surface area contributed by atoms with E-state index in [-0.39, 0.29) is 17.9 Å². The van der Waals surface area contributed by atoms with Crippen LogP contribution in [-0.4, -0.2) is 42.1 Å². The summed E-state index contributed by atoms with van der Waals surface area (Å²) < 4.78 is 5.42. The van der Waals surface area contributed by atoms with Crippen molar-refractivity contribution in [2.75, 3.05) is 19.6 Å². The molecule has 1 saturated heterocycles. The molecule has 134 valence electrons. The van der Waals surface area contributed by atoms with Crippen LogP contribution >= 0.6 is 0 Å². The molecule has 0 spiro atoms. The van der Waals surface area contributed by atoms with E-state index in [1.807, 2.05) is 26.8 Å². The van der Waals surface area contributed by atoms with Crippen LogP contribution < -0.4 is 5.32 Å². The van der Waals surface area contributed by atoms with Gasteiger partial charge in [-0.3, -0.25) is 4.79 Å². The highest BCUT2D eigenvalue weighted by Gasteiger charge is 2.27. The first-order chi connectivity index (χ1) is 11.8. The Hall–Kier alpha value is -2.55. The Bertz CT molecular complexity index is 656. The third-order valence-corrected chi connectivity index (χ3v) is 4.00. The zero-order valence-corrected chi connectivity index (χ0v) is 15.0. The number of carbonyl (C=O) groups is 2. The summed E-state index contributed by atoms with van der Waals surface area (Å²) in [6.45, 7) is 7.34. The van der Waals surface area contributed by atoms with Gasteiger partial charge in [0, 0.05) is 25.2 Å². The number of piperidine rings is 1. The van der Waals surface area contributed by atoms with E-state index in [0.29, 0.717) is 30.8 Å². The van der Waals surface area contributed by atoms with E-state index in [0.717, 1.165) is 12.8 Å². The fourth-order valence-corrected chi connectivity index (χ4v) is 2.76. The number of nitrogens with one attached hydrogen (secondary N) is 1. The zero-order chi connectivity index (χ0) is 18.4. The number of rotatable bonds is 3. The van der Waals surface area contributed by atoms with Crippen LogP contribution in [0.3, 0.4) is 0 Å². The number of ether oxygens (including phenoxy) is 1. The lowest BCUT2D eigenvalue weighted by Gasteiger charge is -2.34. The summed E-state index contributed by atoms with van der Waals surface area (Å²) in [5, 5.41) is 11.7. The standard InChI is InChI=1S/C19H25N3O3/c1-19(2,3)25-18(24)22-10-4-5-15(13-22)12-21-17(23)16-8-6-14(11-20)7-9-16/h6-9,15H,4-5,10,12-13H2,1-3H3,(H,21,23)/t15-/m1/s1. The summed E-state index contributed by atoms with van der Waals surface area (Å²) in [6, 6.07) is 8.56. The molecule has 1 aromatic carbocycles. The van der Waals surface area contributed by atoms with Gasteiger partial charge in [-0.25, -0.2) is 4.79 Å². The lowest BCUT2D eigenvalue weighted by molar-refractivity contribution is 0.0167. The van der Waals surface area contributed by atoms with Crippen LogP contribution in [-0.2, 0) is 4.74 Å². The molecular weight excluding hydrogens is 318 g/mol. The molecule has 2 rings (SSSR count). The molecule has 0 saturated carbocycles. The van der Waals surface area contributed by atoms with Crippen molar-refractivity contribution in [2.45, 2.75) is 39.2 Å². The largest absolute Gasteiger partial charge is 0.444 e. The van der Waals surface area contributed by atoms with Crippen molar-refractivity contribution in [1.82, 2.24) is 10.2 Å².